The Hall–Kier alpha value is -0.340. The molecule has 12 heavy (non-hydrogen) atoms. The summed E-state index contributed by atoms with van der Waals surface area (Å²) >= 11 is 0. The van der Waals surface area contributed by atoms with Crippen LogP contribution < -0.4 is 0 Å². The van der Waals surface area contributed by atoms with Crippen LogP contribution in [0, 0.1) is 5.92 Å². The Morgan fingerprint density at radius 3 is 2.83 bits per heavy atom. The van der Waals surface area contributed by atoms with Gasteiger partial charge in [-0.15, -0.1) is 0 Å². The van der Waals surface area contributed by atoms with E-state index in [1.807, 2.05) is 0 Å². The molecule has 2 rings (SSSR count). The third kappa shape index (κ3) is 1.02. The van der Waals surface area contributed by atoms with Gasteiger partial charge in [0.15, 0.2) is 0 Å². The second-order valence-electron chi connectivity index (χ2n) is 4.47. The molecule has 0 aromatic heterocycles. The summed E-state index contributed by atoms with van der Waals surface area (Å²) in [5.41, 5.74) is 0.808. The molecule has 0 radical (unpaired) electrons. The van der Waals surface area contributed by atoms with Gasteiger partial charge in [0.25, 0.3) is 0 Å². The number of ether oxygens (including phenoxy) is 1. The molecule has 3 atom stereocenters. The molecule has 1 saturated heterocycles. The molecule has 1 heterocycles. The van der Waals surface area contributed by atoms with E-state index in [-0.39, 0.29) is 17.8 Å². The third-order valence-electron chi connectivity index (χ3n) is 3.28. The van der Waals surface area contributed by atoms with Crippen LogP contribution in [0.15, 0.2) is 12.2 Å². The molecule has 0 amide bonds. The highest BCUT2D eigenvalue weighted by Crippen LogP contribution is 2.45. The summed E-state index contributed by atoms with van der Waals surface area (Å²) in [7, 11) is 0. The van der Waals surface area contributed by atoms with E-state index < -0.39 is 0 Å². The average molecular weight is 168 g/mol. The number of aliphatic hydroxyl groups is 1. The molecule has 3 unspecified atom stereocenters. The molecular formula is C10H16O2. The summed E-state index contributed by atoms with van der Waals surface area (Å²) in [6.07, 6.45) is 1.63. The molecule has 2 nitrogen and oxygen atoms in total. The maximum atomic E-state index is 9.61. The fourth-order valence-corrected chi connectivity index (χ4v) is 2.30. The van der Waals surface area contributed by atoms with Crippen molar-refractivity contribution in [1.82, 2.24) is 0 Å². The van der Waals surface area contributed by atoms with Crippen molar-refractivity contribution >= 4 is 0 Å². The number of hydrogen-bond acceptors (Lipinski definition) is 2. The highest BCUT2D eigenvalue weighted by Gasteiger charge is 2.47. The van der Waals surface area contributed by atoms with Gasteiger partial charge in [0.05, 0.1) is 17.8 Å². The Kier molecular flexibility index (Phi) is 1.61. The summed E-state index contributed by atoms with van der Waals surface area (Å²) in [6, 6.07) is 0. The van der Waals surface area contributed by atoms with Crippen LogP contribution in [0.25, 0.3) is 0 Å². The highest BCUT2D eigenvalue weighted by molar-refractivity contribution is 5.18. The van der Waals surface area contributed by atoms with Gasteiger partial charge >= 0.3 is 0 Å². The lowest BCUT2D eigenvalue weighted by atomic mass is 9.78. The van der Waals surface area contributed by atoms with Crippen LogP contribution in [-0.2, 0) is 4.74 Å². The van der Waals surface area contributed by atoms with Gasteiger partial charge in [0.2, 0.25) is 0 Å². The molecule has 1 aliphatic carbocycles. The number of rotatable bonds is 0. The Morgan fingerprint density at radius 1 is 1.50 bits per heavy atom. The first-order chi connectivity index (χ1) is 5.50. The second kappa shape index (κ2) is 2.33. The van der Waals surface area contributed by atoms with Gasteiger partial charge in [-0.25, -0.2) is 0 Å². The van der Waals surface area contributed by atoms with Crippen LogP contribution in [0.3, 0.4) is 0 Å². The van der Waals surface area contributed by atoms with E-state index in [1.165, 1.54) is 0 Å². The van der Waals surface area contributed by atoms with Gasteiger partial charge in [0.1, 0.15) is 0 Å². The standard InChI is InChI=1S/C10H16O2/c1-6-8(11)4-7-5-9(6)12-10(7,2)3/h7-9,11H,1,4-5H2,2-3H3. The van der Waals surface area contributed by atoms with Crippen molar-refractivity contribution in [2.24, 2.45) is 5.92 Å². The molecule has 1 saturated carbocycles. The topological polar surface area (TPSA) is 29.5 Å². The van der Waals surface area contributed by atoms with Gasteiger partial charge in [-0.2, -0.15) is 0 Å². The van der Waals surface area contributed by atoms with Crippen LogP contribution in [0.2, 0.25) is 0 Å². The van der Waals surface area contributed by atoms with Crippen LogP contribution >= 0.6 is 0 Å². The zero-order chi connectivity index (χ0) is 8.93. The molecule has 68 valence electrons. The maximum Gasteiger partial charge on any atom is 0.0818 e. The molecule has 2 aliphatic rings. The normalized spacial score (nSPS) is 44.9. The summed E-state index contributed by atoms with van der Waals surface area (Å²) in [5.74, 6) is 0.503. The SMILES string of the molecule is C=C1C(O)CC2CC1OC2(C)C. The number of fused-ring (bicyclic) bond motifs is 2. The van der Waals surface area contributed by atoms with Crippen molar-refractivity contribution in [3.05, 3.63) is 12.2 Å². The minimum atomic E-state index is -0.337. The summed E-state index contributed by atoms with van der Waals surface area (Å²) in [5, 5.41) is 9.61. The van der Waals surface area contributed by atoms with E-state index in [0.717, 1.165) is 18.4 Å². The lowest BCUT2D eigenvalue weighted by Crippen LogP contribution is -2.30. The quantitative estimate of drug-likeness (QED) is 0.555. The Labute approximate surface area is 73.2 Å². The summed E-state index contributed by atoms with van der Waals surface area (Å²) < 4.78 is 5.80. The lowest BCUT2D eigenvalue weighted by molar-refractivity contribution is -0.0112. The zero-order valence-electron chi connectivity index (χ0n) is 7.71. The average Bonchev–Trinajstić information content (AvgIpc) is 2.21. The maximum absolute atomic E-state index is 9.61. The van der Waals surface area contributed by atoms with Crippen molar-refractivity contribution in [1.29, 1.82) is 0 Å². The van der Waals surface area contributed by atoms with Crippen LogP contribution in [0.5, 0.6) is 0 Å². The molecule has 2 bridgehead atoms. The van der Waals surface area contributed by atoms with Gasteiger partial charge in [-0.1, -0.05) is 6.58 Å². The minimum absolute atomic E-state index is 0.0644. The smallest absolute Gasteiger partial charge is 0.0818 e. The van der Waals surface area contributed by atoms with E-state index in [2.05, 4.69) is 20.4 Å². The van der Waals surface area contributed by atoms with Crippen LogP contribution in [-0.4, -0.2) is 22.9 Å². The third-order valence-corrected chi connectivity index (χ3v) is 3.28. The highest BCUT2D eigenvalue weighted by atomic mass is 16.5. The van der Waals surface area contributed by atoms with Crippen molar-refractivity contribution in [2.45, 2.75) is 44.5 Å². The first-order valence-corrected chi connectivity index (χ1v) is 4.55. The van der Waals surface area contributed by atoms with Crippen molar-refractivity contribution in [2.75, 3.05) is 0 Å². The Bertz CT molecular complexity index is 220. The van der Waals surface area contributed by atoms with Crippen LogP contribution in [0.1, 0.15) is 26.7 Å². The largest absolute Gasteiger partial charge is 0.389 e. The predicted octanol–water partition coefficient (Wildman–Crippen LogP) is 1.49. The number of hydrogen-bond donors (Lipinski definition) is 1. The molecule has 1 aliphatic heterocycles. The minimum Gasteiger partial charge on any atom is -0.389 e. The van der Waals surface area contributed by atoms with E-state index >= 15 is 0 Å². The van der Waals surface area contributed by atoms with Gasteiger partial charge in [-0.05, 0) is 38.2 Å². The van der Waals surface area contributed by atoms with Gasteiger partial charge < -0.3 is 9.84 Å². The molecule has 0 aromatic carbocycles. The summed E-state index contributed by atoms with van der Waals surface area (Å²) in [4.78, 5) is 0. The van der Waals surface area contributed by atoms with E-state index in [0.29, 0.717) is 5.92 Å². The van der Waals surface area contributed by atoms with Crippen molar-refractivity contribution < 1.29 is 9.84 Å². The molecule has 0 aromatic rings. The molecule has 2 fully saturated rings. The number of aliphatic hydroxyl groups excluding tert-OH is 1. The monoisotopic (exact) mass is 168 g/mol. The first kappa shape index (κ1) is 8.27. The zero-order valence-corrected chi connectivity index (χ0v) is 7.71. The van der Waals surface area contributed by atoms with Crippen LogP contribution in [0.4, 0.5) is 0 Å². The van der Waals surface area contributed by atoms with E-state index in [1.54, 1.807) is 0 Å². The predicted molar refractivity (Wildman–Crippen MR) is 46.8 cm³/mol. The molecular weight excluding hydrogens is 152 g/mol. The second-order valence-corrected chi connectivity index (χ2v) is 4.47. The molecule has 1 N–H and O–H groups in total. The van der Waals surface area contributed by atoms with E-state index in [9.17, 15) is 5.11 Å². The van der Waals surface area contributed by atoms with Crippen molar-refractivity contribution in [3.63, 3.8) is 0 Å². The van der Waals surface area contributed by atoms with E-state index in [4.69, 9.17) is 4.74 Å². The molecule has 0 spiro atoms. The fraction of sp³-hybridized carbons (Fsp3) is 0.800. The van der Waals surface area contributed by atoms with Crippen molar-refractivity contribution in [3.8, 4) is 0 Å². The Balaban J connectivity index is 2.25. The molecule has 2 heteroatoms. The fourth-order valence-electron chi connectivity index (χ4n) is 2.30. The lowest BCUT2D eigenvalue weighted by Gasteiger charge is -2.27. The first-order valence-electron chi connectivity index (χ1n) is 4.55. The summed E-state index contributed by atoms with van der Waals surface area (Å²) in [6.45, 7) is 8.07. The van der Waals surface area contributed by atoms with Gasteiger partial charge in [0, 0.05) is 0 Å². The van der Waals surface area contributed by atoms with Gasteiger partial charge in [-0.3, -0.25) is 0 Å². The Morgan fingerprint density at radius 2 is 2.17 bits per heavy atom.